The summed E-state index contributed by atoms with van der Waals surface area (Å²) in [6, 6.07) is 6.91. The number of hydrogen-bond donors (Lipinski definition) is 0. The van der Waals surface area contributed by atoms with Crippen LogP contribution in [0.2, 0.25) is 0 Å². The summed E-state index contributed by atoms with van der Waals surface area (Å²) in [4.78, 5) is 0.361. The zero-order valence-electron chi connectivity index (χ0n) is 8.64. The highest BCUT2D eigenvalue weighted by atomic mass is 32.2. The molecule has 1 aliphatic rings. The molecule has 1 heterocycles. The maximum Gasteiger partial charge on any atom is 0.205 e. The van der Waals surface area contributed by atoms with Crippen LogP contribution >= 0.6 is 0 Å². The van der Waals surface area contributed by atoms with E-state index in [2.05, 4.69) is 0 Å². The van der Waals surface area contributed by atoms with Gasteiger partial charge in [-0.3, -0.25) is 0 Å². The van der Waals surface area contributed by atoms with Crippen LogP contribution in [0.5, 0.6) is 0 Å². The fourth-order valence-corrected chi connectivity index (χ4v) is 3.24. The molecule has 0 unspecified atom stereocenters. The normalized spacial score (nSPS) is 21.8. The van der Waals surface area contributed by atoms with Gasteiger partial charge in [0, 0.05) is 6.61 Å². The number of rotatable bonds is 2. The van der Waals surface area contributed by atoms with Gasteiger partial charge in [-0.1, -0.05) is 17.7 Å². The monoisotopic (exact) mass is 226 g/mol. The van der Waals surface area contributed by atoms with Crippen molar-refractivity contribution in [3.05, 3.63) is 29.8 Å². The van der Waals surface area contributed by atoms with Crippen molar-refractivity contribution in [1.29, 1.82) is 0 Å². The Kier molecular flexibility index (Phi) is 2.80. The Bertz CT molecular complexity index is 427. The van der Waals surface area contributed by atoms with Gasteiger partial charge in [-0.05, 0) is 31.9 Å². The fourth-order valence-electron chi connectivity index (χ4n) is 1.67. The number of ether oxygens (including phenoxy) is 1. The molecule has 0 spiro atoms. The van der Waals surface area contributed by atoms with E-state index in [0.29, 0.717) is 17.9 Å². The fraction of sp³-hybridized carbons (Fsp3) is 0.455. The van der Waals surface area contributed by atoms with Crippen LogP contribution in [0.3, 0.4) is 0 Å². The number of sulfone groups is 1. The first-order chi connectivity index (χ1) is 7.10. The third-order valence-corrected chi connectivity index (χ3v) is 4.58. The number of benzene rings is 1. The highest BCUT2D eigenvalue weighted by Gasteiger charge is 2.30. The summed E-state index contributed by atoms with van der Waals surface area (Å²) in [5.41, 5.74) is 0.418. The zero-order chi connectivity index (χ0) is 10.9. The SMILES string of the molecule is Cc1ccc(S(=O)(=O)[C@@H]2CCCO2)cc1. The molecular formula is C11H14O3S. The smallest absolute Gasteiger partial charge is 0.205 e. The van der Waals surface area contributed by atoms with E-state index in [1.54, 1.807) is 12.1 Å². The molecule has 1 fully saturated rings. The van der Waals surface area contributed by atoms with Crippen molar-refractivity contribution < 1.29 is 13.2 Å². The van der Waals surface area contributed by atoms with Crippen LogP contribution in [-0.4, -0.2) is 20.5 Å². The molecule has 4 heteroatoms. The van der Waals surface area contributed by atoms with Crippen LogP contribution in [0.25, 0.3) is 0 Å². The second-order valence-electron chi connectivity index (χ2n) is 3.80. The highest BCUT2D eigenvalue weighted by molar-refractivity contribution is 7.92. The molecule has 3 nitrogen and oxygen atoms in total. The molecule has 0 aromatic heterocycles. The Hall–Kier alpha value is -0.870. The zero-order valence-corrected chi connectivity index (χ0v) is 9.46. The minimum Gasteiger partial charge on any atom is -0.362 e. The summed E-state index contributed by atoms with van der Waals surface area (Å²) < 4.78 is 29.3. The van der Waals surface area contributed by atoms with Crippen LogP contribution in [-0.2, 0) is 14.6 Å². The van der Waals surface area contributed by atoms with Gasteiger partial charge in [0.25, 0.3) is 0 Å². The van der Waals surface area contributed by atoms with Gasteiger partial charge in [0.2, 0.25) is 9.84 Å². The first-order valence-corrected chi connectivity index (χ1v) is 6.57. The number of aryl methyl sites for hydroxylation is 1. The molecule has 1 aliphatic heterocycles. The molecule has 1 aromatic carbocycles. The minimum atomic E-state index is -3.28. The topological polar surface area (TPSA) is 43.4 Å². The van der Waals surface area contributed by atoms with E-state index in [1.165, 1.54) is 0 Å². The molecule has 0 bridgehead atoms. The predicted molar refractivity (Wildman–Crippen MR) is 57.3 cm³/mol. The maximum absolute atomic E-state index is 12.0. The Morgan fingerprint density at radius 3 is 2.47 bits per heavy atom. The van der Waals surface area contributed by atoms with Crippen molar-refractivity contribution in [2.45, 2.75) is 30.1 Å². The quantitative estimate of drug-likeness (QED) is 0.773. The largest absolute Gasteiger partial charge is 0.362 e. The lowest BCUT2D eigenvalue weighted by molar-refractivity contribution is 0.165. The molecule has 82 valence electrons. The van der Waals surface area contributed by atoms with Crippen LogP contribution in [0.1, 0.15) is 18.4 Å². The van der Waals surface area contributed by atoms with Gasteiger partial charge in [0.1, 0.15) is 0 Å². The van der Waals surface area contributed by atoms with Crippen molar-refractivity contribution in [1.82, 2.24) is 0 Å². The van der Waals surface area contributed by atoms with Crippen LogP contribution in [0, 0.1) is 6.92 Å². The average Bonchev–Trinajstić information content (AvgIpc) is 2.71. The predicted octanol–water partition coefficient (Wildman–Crippen LogP) is 1.91. The first-order valence-electron chi connectivity index (χ1n) is 5.03. The summed E-state index contributed by atoms with van der Waals surface area (Å²) in [6.45, 7) is 2.48. The Morgan fingerprint density at radius 2 is 1.93 bits per heavy atom. The Morgan fingerprint density at radius 1 is 1.27 bits per heavy atom. The van der Waals surface area contributed by atoms with Crippen molar-refractivity contribution in [2.75, 3.05) is 6.61 Å². The summed E-state index contributed by atoms with van der Waals surface area (Å²) in [5.74, 6) is 0. The van der Waals surface area contributed by atoms with E-state index in [0.717, 1.165) is 12.0 Å². The van der Waals surface area contributed by atoms with Gasteiger partial charge in [0.15, 0.2) is 5.44 Å². The van der Waals surface area contributed by atoms with Gasteiger partial charge in [-0.2, -0.15) is 0 Å². The maximum atomic E-state index is 12.0. The molecule has 1 aromatic rings. The molecule has 0 aliphatic carbocycles. The third-order valence-electron chi connectivity index (χ3n) is 2.58. The van der Waals surface area contributed by atoms with Crippen molar-refractivity contribution in [2.24, 2.45) is 0 Å². The Balaban J connectivity index is 2.32. The molecule has 1 saturated heterocycles. The van der Waals surface area contributed by atoms with Gasteiger partial charge in [-0.25, -0.2) is 8.42 Å². The molecular weight excluding hydrogens is 212 g/mol. The van der Waals surface area contributed by atoms with E-state index in [-0.39, 0.29) is 0 Å². The van der Waals surface area contributed by atoms with Gasteiger partial charge >= 0.3 is 0 Å². The summed E-state index contributed by atoms with van der Waals surface area (Å²) in [7, 11) is -3.28. The van der Waals surface area contributed by atoms with E-state index < -0.39 is 15.3 Å². The minimum absolute atomic E-state index is 0.361. The van der Waals surface area contributed by atoms with Crippen LogP contribution < -0.4 is 0 Å². The number of hydrogen-bond acceptors (Lipinski definition) is 3. The molecule has 0 amide bonds. The lowest BCUT2D eigenvalue weighted by Gasteiger charge is -2.10. The first kappa shape index (κ1) is 10.6. The molecule has 2 rings (SSSR count). The van der Waals surface area contributed by atoms with E-state index in [9.17, 15) is 8.42 Å². The summed E-state index contributed by atoms with van der Waals surface area (Å²) in [5, 5.41) is 0. The van der Waals surface area contributed by atoms with Gasteiger partial charge < -0.3 is 4.74 Å². The molecule has 15 heavy (non-hydrogen) atoms. The summed E-state index contributed by atoms with van der Waals surface area (Å²) >= 11 is 0. The van der Waals surface area contributed by atoms with Crippen molar-refractivity contribution in [3.8, 4) is 0 Å². The van der Waals surface area contributed by atoms with Gasteiger partial charge in [0.05, 0.1) is 4.90 Å². The van der Waals surface area contributed by atoms with Gasteiger partial charge in [-0.15, -0.1) is 0 Å². The lowest BCUT2D eigenvalue weighted by atomic mass is 10.2. The molecule has 1 atom stereocenters. The van der Waals surface area contributed by atoms with E-state index in [1.807, 2.05) is 19.1 Å². The van der Waals surface area contributed by atoms with Crippen LogP contribution in [0.4, 0.5) is 0 Å². The standard InChI is InChI=1S/C11H14O3S/c1-9-4-6-10(7-5-9)15(12,13)11-3-2-8-14-11/h4-7,11H,2-3,8H2,1H3/t11-/m1/s1. The third kappa shape index (κ3) is 2.06. The molecule has 0 N–H and O–H groups in total. The van der Waals surface area contributed by atoms with E-state index >= 15 is 0 Å². The van der Waals surface area contributed by atoms with Crippen molar-refractivity contribution >= 4 is 9.84 Å². The van der Waals surface area contributed by atoms with E-state index in [4.69, 9.17) is 4.74 Å². The van der Waals surface area contributed by atoms with Crippen molar-refractivity contribution in [3.63, 3.8) is 0 Å². The Labute approximate surface area is 90.0 Å². The summed E-state index contributed by atoms with van der Waals surface area (Å²) in [6.07, 6.45) is 1.44. The second-order valence-corrected chi connectivity index (χ2v) is 5.89. The second kappa shape index (κ2) is 3.94. The molecule has 0 saturated carbocycles. The average molecular weight is 226 g/mol. The molecule has 0 radical (unpaired) electrons. The van der Waals surface area contributed by atoms with Crippen LogP contribution in [0.15, 0.2) is 29.2 Å². The lowest BCUT2D eigenvalue weighted by Crippen LogP contribution is -2.19. The highest BCUT2D eigenvalue weighted by Crippen LogP contribution is 2.24.